The minimum atomic E-state index is -0.901. The van der Waals surface area contributed by atoms with E-state index in [4.69, 9.17) is 0 Å². The average molecular weight is 489 g/mol. The molecule has 2 unspecified atom stereocenters. The number of hydrogen-bond acceptors (Lipinski definition) is 4. The summed E-state index contributed by atoms with van der Waals surface area (Å²) in [6, 6.07) is 0. The number of carboxylic acids is 1. The van der Waals surface area contributed by atoms with Crippen molar-refractivity contribution >= 4 is 5.97 Å². The molecule has 0 aliphatic heterocycles. The Hall–Kier alpha value is -0.910. The molecule has 0 amide bonds. The third-order valence-corrected chi connectivity index (χ3v) is 13.1. The van der Waals surface area contributed by atoms with E-state index < -0.39 is 29.0 Å². The van der Waals surface area contributed by atoms with Crippen molar-refractivity contribution in [3.05, 3.63) is 11.6 Å². The smallest absolute Gasteiger partial charge is 0.313 e. The van der Waals surface area contributed by atoms with Crippen LogP contribution in [0.1, 0.15) is 99.3 Å². The van der Waals surface area contributed by atoms with Crippen molar-refractivity contribution in [2.45, 2.75) is 112 Å². The predicted molar refractivity (Wildman–Crippen MR) is 135 cm³/mol. The molecule has 5 aliphatic carbocycles. The van der Waals surface area contributed by atoms with Crippen LogP contribution in [0.5, 0.6) is 0 Å². The Morgan fingerprint density at radius 1 is 0.886 bits per heavy atom. The van der Waals surface area contributed by atoms with Gasteiger partial charge in [-0.15, -0.1) is 0 Å². The van der Waals surface area contributed by atoms with Gasteiger partial charge in [0.25, 0.3) is 0 Å². The maximum absolute atomic E-state index is 12.8. The van der Waals surface area contributed by atoms with Crippen molar-refractivity contribution in [1.82, 2.24) is 0 Å². The van der Waals surface area contributed by atoms with Gasteiger partial charge < -0.3 is 20.4 Å². The van der Waals surface area contributed by atoms with Gasteiger partial charge in [-0.25, -0.2) is 0 Å². The number of allylic oxidation sites excluding steroid dienone is 1. The van der Waals surface area contributed by atoms with Crippen LogP contribution in [0.25, 0.3) is 0 Å². The van der Waals surface area contributed by atoms with Crippen molar-refractivity contribution in [2.75, 3.05) is 6.61 Å². The Kier molecular flexibility index (Phi) is 5.56. The maximum Gasteiger partial charge on any atom is 0.313 e. The molecule has 0 spiro atoms. The lowest BCUT2D eigenvalue weighted by molar-refractivity contribution is -0.259. The van der Waals surface area contributed by atoms with E-state index in [2.05, 4.69) is 40.7 Å². The third kappa shape index (κ3) is 3.07. The molecule has 4 N–H and O–H groups in total. The average Bonchev–Trinajstić information content (AvgIpc) is 2.77. The van der Waals surface area contributed by atoms with Gasteiger partial charge >= 0.3 is 5.97 Å². The van der Waals surface area contributed by atoms with Crippen molar-refractivity contribution in [3.63, 3.8) is 0 Å². The van der Waals surface area contributed by atoms with Crippen molar-refractivity contribution in [3.8, 4) is 0 Å². The summed E-state index contributed by atoms with van der Waals surface area (Å²) in [5.41, 5.74) is -0.317. The number of rotatable bonds is 2. The quantitative estimate of drug-likeness (QED) is 0.402. The van der Waals surface area contributed by atoms with Crippen LogP contribution in [0, 0.1) is 50.2 Å². The first-order valence-corrected chi connectivity index (χ1v) is 14.0. The van der Waals surface area contributed by atoms with Gasteiger partial charge in [0, 0.05) is 5.41 Å². The number of carboxylic acid groups (broad SMARTS) is 1. The van der Waals surface area contributed by atoms with Gasteiger partial charge in [-0.3, -0.25) is 4.79 Å². The molecular weight excluding hydrogens is 440 g/mol. The summed E-state index contributed by atoms with van der Waals surface area (Å²) in [6.07, 6.45) is 8.48. The SMILES string of the molecule is CC1(C)C=C2[C@H]3CC[C@@H]4[C@@]5(C)C[C@@H](O)[C@@H](O)C(C)(CO)C5CC[C@@]4(C)[C@]3(C)CC[C@@]2(C(=O)O)CC1. The fraction of sp³-hybridized carbons (Fsp3) is 0.900. The Morgan fingerprint density at radius 2 is 1.54 bits per heavy atom. The van der Waals surface area contributed by atoms with Gasteiger partial charge in [0.2, 0.25) is 0 Å². The number of aliphatic carboxylic acids is 1. The van der Waals surface area contributed by atoms with Crippen molar-refractivity contribution < 1.29 is 25.2 Å². The summed E-state index contributed by atoms with van der Waals surface area (Å²) < 4.78 is 0. The summed E-state index contributed by atoms with van der Waals surface area (Å²) in [4.78, 5) is 12.8. The predicted octanol–water partition coefficient (Wildman–Crippen LogP) is 5.18. The Bertz CT molecular complexity index is 941. The number of carbonyl (C=O) groups is 1. The van der Waals surface area contributed by atoms with E-state index in [1.807, 2.05) is 6.92 Å². The third-order valence-electron chi connectivity index (χ3n) is 13.1. The highest BCUT2D eigenvalue weighted by atomic mass is 16.4. The van der Waals surface area contributed by atoms with Crippen LogP contribution in [0.2, 0.25) is 0 Å². The summed E-state index contributed by atoms with van der Waals surface area (Å²) in [7, 11) is 0. The molecule has 198 valence electrons. The molecule has 5 nitrogen and oxygen atoms in total. The van der Waals surface area contributed by atoms with E-state index in [9.17, 15) is 25.2 Å². The zero-order valence-electron chi connectivity index (χ0n) is 22.7. The van der Waals surface area contributed by atoms with Crippen LogP contribution < -0.4 is 0 Å². The molecule has 0 saturated heterocycles. The number of aliphatic hydroxyl groups is 3. The van der Waals surface area contributed by atoms with E-state index in [0.29, 0.717) is 12.3 Å². The lowest BCUT2D eigenvalue weighted by atomic mass is 9.32. The topological polar surface area (TPSA) is 98.0 Å². The molecule has 0 aromatic heterocycles. The molecule has 0 heterocycles. The van der Waals surface area contributed by atoms with Gasteiger partial charge in [-0.05, 0) is 97.2 Å². The molecule has 5 heteroatoms. The largest absolute Gasteiger partial charge is 0.481 e. The Labute approximate surface area is 211 Å². The van der Waals surface area contributed by atoms with Gasteiger partial charge in [-0.2, -0.15) is 0 Å². The summed E-state index contributed by atoms with van der Waals surface area (Å²) in [6.45, 7) is 13.6. The van der Waals surface area contributed by atoms with Gasteiger partial charge in [0.15, 0.2) is 0 Å². The molecule has 0 aromatic carbocycles. The van der Waals surface area contributed by atoms with E-state index in [1.54, 1.807) is 0 Å². The number of fused-ring (bicyclic) bond motifs is 7. The molecule has 5 rings (SSSR count). The van der Waals surface area contributed by atoms with Crippen LogP contribution >= 0.6 is 0 Å². The van der Waals surface area contributed by atoms with Crippen LogP contribution in [0.3, 0.4) is 0 Å². The second kappa shape index (κ2) is 7.57. The lowest BCUT2D eigenvalue weighted by Gasteiger charge is -2.72. The normalized spacial score (nSPS) is 55.0. The maximum atomic E-state index is 12.8. The van der Waals surface area contributed by atoms with Crippen LogP contribution in [0.4, 0.5) is 0 Å². The highest BCUT2D eigenvalue weighted by Gasteiger charge is 2.71. The fourth-order valence-corrected chi connectivity index (χ4v) is 10.9. The Morgan fingerprint density at radius 3 is 2.17 bits per heavy atom. The van der Waals surface area contributed by atoms with Crippen LogP contribution in [-0.2, 0) is 4.79 Å². The highest BCUT2D eigenvalue weighted by molar-refractivity contribution is 5.80. The summed E-state index contributed by atoms with van der Waals surface area (Å²) in [5.74, 6) is 0.174. The molecular formula is C30H48O5. The molecule has 0 aromatic rings. The standard InChI is InChI=1S/C30H48O5/c1-25(2)11-13-30(24(34)35)14-12-28(5)18(19(30)15-25)7-8-22-26(3)16-20(32)23(33)27(4,17-31)21(26)9-10-29(22,28)6/h15,18,20-23,31-33H,7-14,16-17H2,1-6H3,(H,34,35)/t18-,20-,21?,22-,23-,26+,27?,28-,29-,30+/m1/s1. The zero-order chi connectivity index (χ0) is 25.8. The minimum absolute atomic E-state index is 0.00126. The number of aliphatic hydroxyl groups excluding tert-OH is 3. The molecule has 0 radical (unpaired) electrons. The molecule has 4 fully saturated rings. The lowest BCUT2D eigenvalue weighted by Crippen LogP contribution is -2.69. The van der Waals surface area contributed by atoms with E-state index in [0.717, 1.165) is 51.4 Å². The monoisotopic (exact) mass is 488 g/mol. The van der Waals surface area contributed by atoms with Gasteiger partial charge in [0.1, 0.15) is 0 Å². The molecule has 35 heavy (non-hydrogen) atoms. The fourth-order valence-electron chi connectivity index (χ4n) is 10.9. The first-order valence-electron chi connectivity index (χ1n) is 14.0. The molecule has 5 aliphatic rings. The molecule has 10 atom stereocenters. The Balaban J connectivity index is 1.59. The minimum Gasteiger partial charge on any atom is -0.481 e. The number of hydrogen-bond donors (Lipinski definition) is 4. The first-order chi connectivity index (χ1) is 16.1. The van der Waals surface area contributed by atoms with Gasteiger partial charge in [0.05, 0.1) is 24.2 Å². The molecule has 4 saturated carbocycles. The van der Waals surface area contributed by atoms with E-state index in [1.165, 1.54) is 5.57 Å². The summed E-state index contributed by atoms with van der Waals surface area (Å²) in [5, 5.41) is 42.8. The second-order valence-corrected chi connectivity index (χ2v) is 15.0. The van der Waals surface area contributed by atoms with E-state index >= 15 is 0 Å². The first kappa shape index (κ1) is 25.7. The van der Waals surface area contributed by atoms with E-state index in [-0.39, 0.29) is 40.1 Å². The zero-order valence-corrected chi connectivity index (χ0v) is 22.7. The van der Waals surface area contributed by atoms with Crippen molar-refractivity contribution in [2.24, 2.45) is 50.2 Å². The van der Waals surface area contributed by atoms with Gasteiger partial charge in [-0.1, -0.05) is 53.2 Å². The van der Waals surface area contributed by atoms with Crippen LogP contribution in [-0.4, -0.2) is 45.2 Å². The molecule has 0 bridgehead atoms. The highest BCUT2D eigenvalue weighted by Crippen LogP contribution is 2.76. The van der Waals surface area contributed by atoms with Crippen LogP contribution in [0.15, 0.2) is 11.6 Å². The second-order valence-electron chi connectivity index (χ2n) is 15.0. The van der Waals surface area contributed by atoms with Crippen molar-refractivity contribution in [1.29, 1.82) is 0 Å². The summed E-state index contributed by atoms with van der Waals surface area (Å²) >= 11 is 0.